The molecule has 0 bridgehead atoms. The van der Waals surface area contributed by atoms with Crippen LogP contribution in [0.25, 0.3) is 0 Å². The molecule has 0 radical (unpaired) electrons. The van der Waals surface area contributed by atoms with E-state index in [9.17, 15) is 5.11 Å². The van der Waals surface area contributed by atoms with Gasteiger partial charge in [-0.15, -0.1) is 0 Å². The maximum atomic E-state index is 11.1. The summed E-state index contributed by atoms with van der Waals surface area (Å²) in [6.07, 6.45) is 11.2. The van der Waals surface area contributed by atoms with E-state index in [1.807, 2.05) is 0 Å². The monoisotopic (exact) mass is 414 g/mol. The second-order valence-electron chi connectivity index (χ2n) is 8.06. The average Bonchev–Trinajstić information content (AvgIpc) is 2.64. The quantitative estimate of drug-likeness (QED) is 0.508. The highest BCUT2D eigenvalue weighted by Gasteiger charge is 2.31. The van der Waals surface area contributed by atoms with Crippen molar-refractivity contribution in [2.75, 3.05) is 0 Å². The first-order valence-electron chi connectivity index (χ1n) is 10.1. The van der Waals surface area contributed by atoms with Crippen LogP contribution < -0.4 is 0 Å². The van der Waals surface area contributed by atoms with Gasteiger partial charge in [0.15, 0.2) is 0 Å². The Kier molecular flexibility index (Phi) is 7.33. The molecule has 0 aliphatic heterocycles. The highest BCUT2D eigenvalue weighted by Crippen LogP contribution is 2.36. The molecule has 2 aromatic carbocycles. The molecule has 1 nitrogen and oxygen atoms in total. The fourth-order valence-corrected chi connectivity index (χ4v) is 4.69. The summed E-state index contributed by atoms with van der Waals surface area (Å²) in [6.45, 7) is 0. The van der Waals surface area contributed by atoms with Crippen LogP contribution in [0.4, 0.5) is 0 Å². The van der Waals surface area contributed by atoms with Crippen LogP contribution in [0, 0.1) is 5.92 Å². The molecule has 0 saturated heterocycles. The van der Waals surface area contributed by atoms with Crippen LogP contribution >= 0.6 is 15.9 Å². The van der Waals surface area contributed by atoms with Gasteiger partial charge in [0.2, 0.25) is 0 Å². The van der Waals surface area contributed by atoms with Crippen molar-refractivity contribution in [1.82, 2.24) is 0 Å². The minimum absolute atomic E-state index is 0.421. The molecule has 1 atom stereocenters. The number of rotatable bonds is 8. The highest BCUT2D eigenvalue weighted by atomic mass is 79.9. The minimum Gasteiger partial charge on any atom is -0.390 e. The fraction of sp³-hybridized carbons (Fsp3) is 0.500. The number of hydrogen-bond acceptors (Lipinski definition) is 1. The Morgan fingerprint density at radius 3 is 2.27 bits per heavy atom. The van der Waals surface area contributed by atoms with Crippen LogP contribution in [0.3, 0.4) is 0 Å². The fourth-order valence-electron chi connectivity index (χ4n) is 4.42. The van der Waals surface area contributed by atoms with Crippen molar-refractivity contribution in [3.8, 4) is 0 Å². The van der Waals surface area contributed by atoms with Gasteiger partial charge < -0.3 is 5.11 Å². The normalized spacial score (nSPS) is 17.8. The smallest absolute Gasteiger partial charge is 0.0650 e. The lowest BCUT2D eigenvalue weighted by molar-refractivity contribution is -0.0187. The van der Waals surface area contributed by atoms with Crippen molar-refractivity contribution in [2.24, 2.45) is 5.92 Å². The van der Waals surface area contributed by atoms with Gasteiger partial charge in [0.05, 0.1) is 5.60 Å². The van der Waals surface area contributed by atoms with E-state index in [1.165, 1.54) is 43.2 Å². The lowest BCUT2D eigenvalue weighted by atomic mass is 9.76. The molecule has 2 heteroatoms. The molecule has 1 saturated carbocycles. The molecule has 1 aliphatic carbocycles. The second kappa shape index (κ2) is 9.71. The maximum Gasteiger partial charge on any atom is 0.0650 e. The predicted molar refractivity (Wildman–Crippen MR) is 113 cm³/mol. The first kappa shape index (κ1) is 19.6. The third-order valence-corrected chi connectivity index (χ3v) is 6.34. The summed E-state index contributed by atoms with van der Waals surface area (Å²) in [4.78, 5) is 0. The second-order valence-corrected chi connectivity index (χ2v) is 8.98. The van der Waals surface area contributed by atoms with Gasteiger partial charge in [0.1, 0.15) is 0 Å². The van der Waals surface area contributed by atoms with Crippen LogP contribution in [-0.4, -0.2) is 10.7 Å². The van der Waals surface area contributed by atoms with Crippen LogP contribution in [0.1, 0.15) is 62.5 Å². The first-order chi connectivity index (χ1) is 12.6. The zero-order chi connectivity index (χ0) is 18.2. The van der Waals surface area contributed by atoms with Crippen LogP contribution in [0.5, 0.6) is 0 Å². The van der Waals surface area contributed by atoms with Gasteiger partial charge in [-0.25, -0.2) is 0 Å². The molecule has 0 aromatic heterocycles. The lowest BCUT2D eigenvalue weighted by Gasteiger charge is -2.35. The Bertz CT molecular complexity index is 644. The van der Waals surface area contributed by atoms with E-state index in [0.29, 0.717) is 5.92 Å². The SMILES string of the molecule is OC1(CC(CCCc2ccc(Br)cc2)Cc2ccccc2)CCCCC1. The van der Waals surface area contributed by atoms with E-state index in [1.54, 1.807) is 0 Å². The van der Waals surface area contributed by atoms with Crippen molar-refractivity contribution < 1.29 is 5.11 Å². The highest BCUT2D eigenvalue weighted by molar-refractivity contribution is 9.10. The summed E-state index contributed by atoms with van der Waals surface area (Å²) in [6, 6.07) is 19.5. The average molecular weight is 415 g/mol. The van der Waals surface area contributed by atoms with Crippen molar-refractivity contribution in [1.29, 1.82) is 0 Å². The van der Waals surface area contributed by atoms with E-state index in [4.69, 9.17) is 0 Å². The summed E-state index contributed by atoms with van der Waals surface area (Å²) >= 11 is 3.51. The molecule has 1 N–H and O–H groups in total. The zero-order valence-electron chi connectivity index (χ0n) is 15.7. The summed E-state index contributed by atoms with van der Waals surface area (Å²) in [7, 11) is 0. The van der Waals surface area contributed by atoms with Crippen molar-refractivity contribution in [3.05, 3.63) is 70.2 Å². The molecular weight excluding hydrogens is 384 g/mol. The van der Waals surface area contributed by atoms with Gasteiger partial charge in [-0.05, 0) is 74.1 Å². The van der Waals surface area contributed by atoms with Crippen LogP contribution in [0.2, 0.25) is 0 Å². The Morgan fingerprint density at radius 2 is 1.58 bits per heavy atom. The van der Waals surface area contributed by atoms with Crippen molar-refractivity contribution in [3.63, 3.8) is 0 Å². The van der Waals surface area contributed by atoms with Gasteiger partial charge in [0.25, 0.3) is 0 Å². The molecule has 1 fully saturated rings. The third kappa shape index (κ3) is 6.25. The summed E-state index contributed by atoms with van der Waals surface area (Å²) in [5.74, 6) is 0.566. The Labute approximate surface area is 167 Å². The molecule has 0 spiro atoms. The van der Waals surface area contributed by atoms with Crippen molar-refractivity contribution >= 4 is 15.9 Å². The topological polar surface area (TPSA) is 20.2 Å². The van der Waals surface area contributed by atoms with Crippen molar-refractivity contribution in [2.45, 2.75) is 69.8 Å². The van der Waals surface area contributed by atoms with Gasteiger partial charge in [-0.3, -0.25) is 0 Å². The minimum atomic E-state index is -0.421. The number of halogens is 1. The van der Waals surface area contributed by atoms with E-state index in [-0.39, 0.29) is 0 Å². The molecule has 2 aromatic rings. The summed E-state index contributed by atoms with van der Waals surface area (Å²) in [5, 5.41) is 11.1. The number of aliphatic hydroxyl groups is 1. The zero-order valence-corrected chi connectivity index (χ0v) is 17.3. The number of hydrogen-bond donors (Lipinski definition) is 1. The predicted octanol–water partition coefficient (Wildman–Crippen LogP) is 6.72. The Balaban J connectivity index is 1.59. The largest absolute Gasteiger partial charge is 0.390 e. The van der Waals surface area contributed by atoms with Gasteiger partial charge in [-0.2, -0.15) is 0 Å². The first-order valence-corrected chi connectivity index (χ1v) is 10.9. The standard InChI is InChI=1S/C24H31BrO/c25-23-14-12-20(13-15-23)10-7-11-22(18-21-8-3-1-4-9-21)19-24(26)16-5-2-6-17-24/h1,3-4,8-9,12-15,22,26H,2,5-7,10-11,16-19H2. The third-order valence-electron chi connectivity index (χ3n) is 5.81. The van der Waals surface area contributed by atoms with E-state index in [2.05, 4.69) is 70.5 Å². The van der Waals surface area contributed by atoms with E-state index >= 15 is 0 Å². The van der Waals surface area contributed by atoms with Crippen LogP contribution in [-0.2, 0) is 12.8 Å². The molecule has 1 unspecified atom stereocenters. The molecule has 3 rings (SSSR count). The number of benzene rings is 2. The van der Waals surface area contributed by atoms with E-state index < -0.39 is 5.60 Å². The Hall–Kier alpha value is -1.12. The number of aryl methyl sites for hydroxylation is 1. The lowest BCUT2D eigenvalue weighted by Crippen LogP contribution is -2.34. The van der Waals surface area contributed by atoms with Gasteiger partial charge >= 0.3 is 0 Å². The molecule has 0 heterocycles. The van der Waals surface area contributed by atoms with E-state index in [0.717, 1.165) is 36.6 Å². The summed E-state index contributed by atoms with van der Waals surface area (Å²) in [5.41, 5.74) is 2.39. The molecule has 26 heavy (non-hydrogen) atoms. The summed E-state index contributed by atoms with van der Waals surface area (Å²) < 4.78 is 1.14. The Morgan fingerprint density at radius 1 is 0.885 bits per heavy atom. The molecule has 140 valence electrons. The van der Waals surface area contributed by atoms with Gasteiger partial charge in [-0.1, -0.05) is 77.7 Å². The maximum absolute atomic E-state index is 11.1. The van der Waals surface area contributed by atoms with Crippen LogP contribution in [0.15, 0.2) is 59.1 Å². The van der Waals surface area contributed by atoms with Gasteiger partial charge in [0, 0.05) is 4.47 Å². The molecule has 1 aliphatic rings. The molecule has 0 amide bonds. The molecular formula is C24H31BrO.